The molecule has 1 aliphatic heterocycles. The SMILES string of the molecule is O=C(CCCCCN=C1NS(=O)(=O)c2ccccc21)Nc1ccc(F)c(F)c1. The molecule has 0 saturated heterocycles. The minimum atomic E-state index is -3.53. The number of rotatable bonds is 7. The largest absolute Gasteiger partial charge is 0.326 e. The molecule has 6 nitrogen and oxygen atoms in total. The van der Waals surface area contributed by atoms with Crippen LogP contribution in [0.15, 0.2) is 52.4 Å². The Bertz CT molecular complexity index is 1020. The molecule has 0 radical (unpaired) electrons. The van der Waals surface area contributed by atoms with Gasteiger partial charge in [-0.15, -0.1) is 0 Å². The van der Waals surface area contributed by atoms with Crippen molar-refractivity contribution in [2.45, 2.75) is 30.6 Å². The second kappa shape index (κ2) is 8.47. The predicted molar refractivity (Wildman–Crippen MR) is 102 cm³/mol. The third-order valence-electron chi connectivity index (χ3n) is 4.20. The van der Waals surface area contributed by atoms with E-state index in [4.69, 9.17) is 0 Å². The van der Waals surface area contributed by atoms with Gasteiger partial charge in [-0.1, -0.05) is 18.6 Å². The van der Waals surface area contributed by atoms with Gasteiger partial charge in [-0.2, -0.15) is 0 Å². The van der Waals surface area contributed by atoms with Crippen molar-refractivity contribution in [2.75, 3.05) is 11.9 Å². The zero-order chi connectivity index (χ0) is 20.1. The minimum absolute atomic E-state index is 0.211. The Hall–Kier alpha value is -2.81. The Balaban J connectivity index is 1.41. The van der Waals surface area contributed by atoms with Gasteiger partial charge in [0.25, 0.3) is 10.0 Å². The summed E-state index contributed by atoms with van der Waals surface area (Å²) in [6, 6.07) is 9.84. The number of nitrogens with zero attached hydrogens (tertiary/aromatic N) is 1. The molecule has 0 saturated carbocycles. The van der Waals surface area contributed by atoms with Crippen LogP contribution in [0.3, 0.4) is 0 Å². The van der Waals surface area contributed by atoms with Crippen LogP contribution in [0.4, 0.5) is 14.5 Å². The fourth-order valence-corrected chi connectivity index (χ4v) is 4.06. The Morgan fingerprint density at radius 2 is 1.82 bits per heavy atom. The number of carbonyl (C=O) groups is 1. The van der Waals surface area contributed by atoms with Gasteiger partial charge in [0, 0.05) is 30.3 Å². The van der Waals surface area contributed by atoms with Crippen LogP contribution in [0.1, 0.15) is 31.2 Å². The lowest BCUT2D eigenvalue weighted by molar-refractivity contribution is -0.116. The molecule has 1 heterocycles. The molecule has 28 heavy (non-hydrogen) atoms. The van der Waals surface area contributed by atoms with E-state index in [0.717, 1.165) is 18.6 Å². The number of unbranched alkanes of at least 4 members (excludes halogenated alkanes) is 2. The fourth-order valence-electron chi connectivity index (χ4n) is 2.81. The summed E-state index contributed by atoms with van der Waals surface area (Å²) in [5.41, 5.74) is 0.774. The lowest BCUT2D eigenvalue weighted by Crippen LogP contribution is -2.22. The van der Waals surface area contributed by atoms with Gasteiger partial charge in [-0.05, 0) is 37.1 Å². The zero-order valence-electron chi connectivity index (χ0n) is 14.9. The second-order valence-electron chi connectivity index (χ2n) is 6.32. The van der Waals surface area contributed by atoms with Gasteiger partial charge in [0.05, 0.1) is 4.90 Å². The van der Waals surface area contributed by atoms with Crippen LogP contribution < -0.4 is 10.0 Å². The van der Waals surface area contributed by atoms with E-state index >= 15 is 0 Å². The lowest BCUT2D eigenvalue weighted by Gasteiger charge is -2.05. The van der Waals surface area contributed by atoms with E-state index in [2.05, 4.69) is 15.0 Å². The molecule has 3 rings (SSSR count). The average molecular weight is 407 g/mol. The first-order valence-corrected chi connectivity index (χ1v) is 10.3. The first-order chi connectivity index (χ1) is 13.4. The van der Waals surface area contributed by atoms with Crippen molar-refractivity contribution < 1.29 is 22.0 Å². The number of hydrogen-bond donors (Lipinski definition) is 2. The summed E-state index contributed by atoms with van der Waals surface area (Å²) in [5.74, 6) is -1.92. The molecule has 148 valence electrons. The highest BCUT2D eigenvalue weighted by molar-refractivity contribution is 7.90. The molecule has 0 aromatic heterocycles. The molecule has 0 unspecified atom stereocenters. The normalized spacial score (nSPS) is 15.9. The van der Waals surface area contributed by atoms with Crippen molar-refractivity contribution in [3.63, 3.8) is 0 Å². The van der Waals surface area contributed by atoms with Gasteiger partial charge in [0.15, 0.2) is 11.6 Å². The molecule has 0 aliphatic carbocycles. The van der Waals surface area contributed by atoms with Gasteiger partial charge in [0.1, 0.15) is 5.84 Å². The Kier molecular flexibility index (Phi) is 6.03. The van der Waals surface area contributed by atoms with Crippen LogP contribution in [0.2, 0.25) is 0 Å². The van der Waals surface area contributed by atoms with Gasteiger partial charge in [0.2, 0.25) is 5.91 Å². The van der Waals surface area contributed by atoms with Gasteiger partial charge >= 0.3 is 0 Å². The molecular weight excluding hydrogens is 388 g/mol. The number of amidine groups is 1. The van der Waals surface area contributed by atoms with Crippen molar-refractivity contribution in [3.05, 3.63) is 59.7 Å². The number of nitrogens with one attached hydrogen (secondary N) is 2. The summed E-state index contributed by atoms with van der Waals surface area (Å²) in [5, 5.41) is 2.52. The minimum Gasteiger partial charge on any atom is -0.326 e. The van der Waals surface area contributed by atoms with Crippen LogP contribution in [0.5, 0.6) is 0 Å². The van der Waals surface area contributed by atoms with E-state index in [1.165, 1.54) is 12.1 Å². The molecule has 0 fully saturated rings. The molecule has 0 spiro atoms. The number of benzene rings is 2. The van der Waals surface area contributed by atoms with E-state index in [-0.39, 0.29) is 22.9 Å². The van der Waals surface area contributed by atoms with Crippen molar-refractivity contribution in [2.24, 2.45) is 4.99 Å². The number of anilines is 1. The highest BCUT2D eigenvalue weighted by Gasteiger charge is 2.29. The Labute approximate surface area is 161 Å². The molecular formula is C19H19F2N3O3S. The van der Waals surface area contributed by atoms with E-state index in [1.54, 1.807) is 18.2 Å². The summed E-state index contributed by atoms with van der Waals surface area (Å²) in [6.07, 6.45) is 2.25. The number of halogens is 2. The molecule has 0 bridgehead atoms. The first-order valence-electron chi connectivity index (χ1n) is 8.78. The van der Waals surface area contributed by atoms with Crippen molar-refractivity contribution in [3.8, 4) is 0 Å². The maximum absolute atomic E-state index is 13.1. The quantitative estimate of drug-likeness (QED) is 0.691. The smallest absolute Gasteiger partial charge is 0.263 e. The van der Waals surface area contributed by atoms with Crippen LogP contribution in [-0.4, -0.2) is 26.7 Å². The van der Waals surface area contributed by atoms with Crippen LogP contribution in [0.25, 0.3) is 0 Å². The molecule has 9 heteroatoms. The predicted octanol–water partition coefficient (Wildman–Crippen LogP) is 3.20. The van der Waals surface area contributed by atoms with Crippen molar-refractivity contribution in [1.29, 1.82) is 0 Å². The molecule has 2 N–H and O–H groups in total. The van der Waals surface area contributed by atoms with Crippen LogP contribution in [0, 0.1) is 11.6 Å². The summed E-state index contributed by atoms with van der Waals surface area (Å²) < 4.78 is 52.4. The van der Waals surface area contributed by atoms with E-state index < -0.39 is 21.7 Å². The van der Waals surface area contributed by atoms with E-state index in [1.807, 2.05) is 0 Å². The lowest BCUT2D eigenvalue weighted by atomic mass is 10.1. The highest BCUT2D eigenvalue weighted by atomic mass is 32.2. The first kappa shape index (κ1) is 19.9. The highest BCUT2D eigenvalue weighted by Crippen LogP contribution is 2.22. The molecule has 1 aliphatic rings. The number of fused-ring (bicyclic) bond motifs is 1. The van der Waals surface area contributed by atoms with E-state index in [0.29, 0.717) is 30.8 Å². The second-order valence-corrected chi connectivity index (χ2v) is 7.97. The number of carbonyl (C=O) groups excluding carboxylic acids is 1. The Morgan fingerprint density at radius 3 is 2.61 bits per heavy atom. The summed E-state index contributed by atoms with van der Waals surface area (Å²) in [7, 11) is -3.53. The summed E-state index contributed by atoms with van der Waals surface area (Å²) >= 11 is 0. The molecule has 0 atom stereocenters. The maximum atomic E-state index is 13.1. The number of sulfonamides is 1. The van der Waals surface area contributed by atoms with E-state index in [9.17, 15) is 22.0 Å². The van der Waals surface area contributed by atoms with Crippen molar-refractivity contribution >= 4 is 27.5 Å². The molecule has 2 aromatic rings. The van der Waals surface area contributed by atoms with Crippen LogP contribution in [-0.2, 0) is 14.8 Å². The summed E-state index contributed by atoms with van der Waals surface area (Å²) in [6.45, 7) is 0.428. The third kappa shape index (κ3) is 4.72. The topological polar surface area (TPSA) is 87.6 Å². The summed E-state index contributed by atoms with van der Waals surface area (Å²) in [4.78, 5) is 16.4. The Morgan fingerprint density at radius 1 is 1.04 bits per heavy atom. The van der Waals surface area contributed by atoms with Gasteiger partial charge in [-0.25, -0.2) is 17.2 Å². The number of amides is 1. The van der Waals surface area contributed by atoms with Crippen molar-refractivity contribution in [1.82, 2.24) is 4.72 Å². The van der Waals surface area contributed by atoms with Crippen LogP contribution >= 0.6 is 0 Å². The average Bonchev–Trinajstić information content (AvgIpc) is 2.92. The maximum Gasteiger partial charge on any atom is 0.263 e. The fraction of sp³-hybridized carbons (Fsp3) is 0.263. The van der Waals surface area contributed by atoms with Gasteiger partial charge in [-0.3, -0.25) is 14.5 Å². The monoisotopic (exact) mass is 407 g/mol. The standard InChI is InChI=1S/C19H19F2N3O3S/c20-15-10-9-13(12-16(15)21)23-18(25)8-2-1-5-11-22-19-14-6-3-4-7-17(14)28(26,27)24-19/h3-4,6-7,9-10,12H,1-2,5,8,11H2,(H,22,24)(H,23,25). The third-order valence-corrected chi connectivity index (χ3v) is 5.60. The number of hydrogen-bond acceptors (Lipinski definition) is 4. The molecule has 1 amide bonds. The number of aliphatic imine (C=N–C) groups is 1. The van der Waals surface area contributed by atoms with Gasteiger partial charge < -0.3 is 5.32 Å². The molecule has 2 aromatic carbocycles. The zero-order valence-corrected chi connectivity index (χ0v) is 15.7.